The van der Waals surface area contributed by atoms with Crippen LogP contribution in [0.15, 0.2) is 12.2 Å². The molecule has 0 aliphatic heterocycles. The zero-order chi connectivity index (χ0) is 9.61. The molecule has 0 unspecified atom stereocenters. The molecule has 0 amide bonds. The largest absolute Gasteiger partial charge is 0.431 e. The van der Waals surface area contributed by atoms with E-state index in [1.807, 2.05) is 0 Å². The highest BCUT2D eigenvalue weighted by Crippen LogP contribution is 2.09. The number of hydrogen-bond acceptors (Lipinski definition) is 4. The van der Waals surface area contributed by atoms with Crippen LogP contribution >= 0.6 is 0 Å². The maximum Gasteiger partial charge on any atom is 0.333 e. The second kappa shape index (κ2) is 4.52. The molecule has 0 heterocycles. The standard InChI is InChI=1S/C8H11NO3/c1-8(2,11-3)12-7(10)5-4-6-9/h4-5H,1-3H3. The molecule has 66 valence electrons. The minimum absolute atomic E-state index is 0.594. The van der Waals surface area contributed by atoms with Crippen molar-refractivity contribution in [2.24, 2.45) is 0 Å². The molecule has 12 heavy (non-hydrogen) atoms. The summed E-state index contributed by atoms with van der Waals surface area (Å²) in [6.07, 6.45) is 2.09. The second-order valence-corrected chi connectivity index (χ2v) is 2.49. The van der Waals surface area contributed by atoms with Gasteiger partial charge in [-0.05, 0) is 0 Å². The van der Waals surface area contributed by atoms with E-state index in [-0.39, 0.29) is 0 Å². The fourth-order valence-electron chi connectivity index (χ4n) is 0.423. The van der Waals surface area contributed by atoms with E-state index in [0.717, 1.165) is 12.2 Å². The Labute approximate surface area is 71.4 Å². The topological polar surface area (TPSA) is 59.3 Å². The van der Waals surface area contributed by atoms with E-state index in [9.17, 15) is 4.79 Å². The fraction of sp³-hybridized carbons (Fsp3) is 0.500. The van der Waals surface area contributed by atoms with Gasteiger partial charge in [-0.2, -0.15) is 5.26 Å². The predicted octanol–water partition coefficient (Wildman–Crippen LogP) is 0.992. The van der Waals surface area contributed by atoms with E-state index >= 15 is 0 Å². The Bertz CT molecular complexity index is 225. The number of carbonyl (C=O) groups excluding carboxylic acids is 1. The van der Waals surface area contributed by atoms with Crippen LogP contribution in [-0.2, 0) is 14.3 Å². The number of carbonyl (C=O) groups is 1. The summed E-state index contributed by atoms with van der Waals surface area (Å²) in [5, 5.41) is 8.09. The number of allylic oxidation sites excluding steroid dienone is 1. The summed E-state index contributed by atoms with van der Waals surface area (Å²) in [5.74, 6) is -1.54. The first-order valence-corrected chi connectivity index (χ1v) is 3.36. The monoisotopic (exact) mass is 169 g/mol. The molecule has 0 aromatic heterocycles. The maximum absolute atomic E-state index is 10.8. The van der Waals surface area contributed by atoms with Crippen LogP contribution in [0.25, 0.3) is 0 Å². The zero-order valence-electron chi connectivity index (χ0n) is 7.33. The molecule has 0 bridgehead atoms. The van der Waals surface area contributed by atoms with Gasteiger partial charge in [0.15, 0.2) is 0 Å². The van der Waals surface area contributed by atoms with Crippen LogP contribution in [0.2, 0.25) is 0 Å². The van der Waals surface area contributed by atoms with E-state index in [2.05, 4.69) is 0 Å². The molecule has 0 N–H and O–H groups in total. The minimum Gasteiger partial charge on any atom is -0.431 e. The summed E-state index contributed by atoms with van der Waals surface area (Å²) >= 11 is 0. The molecule has 0 saturated heterocycles. The lowest BCUT2D eigenvalue weighted by Crippen LogP contribution is -2.29. The summed E-state index contributed by atoms with van der Waals surface area (Å²) in [4.78, 5) is 10.8. The molecule has 4 nitrogen and oxygen atoms in total. The Kier molecular flexibility index (Phi) is 4.02. The number of nitriles is 1. The van der Waals surface area contributed by atoms with E-state index in [4.69, 9.17) is 14.7 Å². The molecule has 0 aliphatic rings. The maximum atomic E-state index is 10.8. The number of rotatable bonds is 3. The number of methoxy groups -OCH3 is 1. The molecular formula is C8H11NO3. The van der Waals surface area contributed by atoms with Gasteiger partial charge >= 0.3 is 5.97 Å². The predicted molar refractivity (Wildman–Crippen MR) is 41.9 cm³/mol. The van der Waals surface area contributed by atoms with Gasteiger partial charge in [0.2, 0.25) is 5.79 Å². The normalized spacial score (nSPS) is 11.2. The van der Waals surface area contributed by atoms with Gasteiger partial charge in [0.05, 0.1) is 6.07 Å². The quantitative estimate of drug-likeness (QED) is 0.273. The van der Waals surface area contributed by atoms with Crippen molar-refractivity contribution < 1.29 is 14.3 Å². The summed E-state index contributed by atoms with van der Waals surface area (Å²) < 4.78 is 9.62. The lowest BCUT2D eigenvalue weighted by molar-refractivity contribution is -0.200. The van der Waals surface area contributed by atoms with Gasteiger partial charge in [-0.25, -0.2) is 4.79 Å². The molecule has 0 atom stereocenters. The third-order valence-corrected chi connectivity index (χ3v) is 1.13. The Morgan fingerprint density at radius 2 is 2.17 bits per heavy atom. The Hall–Kier alpha value is -1.34. The number of ether oxygens (including phenoxy) is 2. The highest BCUT2D eigenvalue weighted by molar-refractivity contribution is 5.82. The molecule has 0 saturated carbocycles. The zero-order valence-corrected chi connectivity index (χ0v) is 7.33. The molecule has 0 radical (unpaired) electrons. The molecule has 0 aliphatic carbocycles. The van der Waals surface area contributed by atoms with Gasteiger partial charge in [-0.15, -0.1) is 0 Å². The van der Waals surface area contributed by atoms with Crippen LogP contribution in [-0.4, -0.2) is 18.9 Å². The Balaban J connectivity index is 4.03. The third-order valence-electron chi connectivity index (χ3n) is 1.13. The van der Waals surface area contributed by atoms with Crippen molar-refractivity contribution in [3.8, 4) is 6.07 Å². The first kappa shape index (κ1) is 10.7. The fourth-order valence-corrected chi connectivity index (χ4v) is 0.423. The highest BCUT2D eigenvalue weighted by atomic mass is 16.7. The first-order valence-electron chi connectivity index (χ1n) is 3.36. The van der Waals surface area contributed by atoms with Crippen LogP contribution in [0.1, 0.15) is 13.8 Å². The van der Waals surface area contributed by atoms with Crippen molar-refractivity contribution in [3.63, 3.8) is 0 Å². The van der Waals surface area contributed by atoms with Gasteiger partial charge < -0.3 is 9.47 Å². The molecule has 0 aromatic carbocycles. The summed E-state index contributed by atoms with van der Waals surface area (Å²) in [5.41, 5.74) is 0. The van der Waals surface area contributed by atoms with E-state index < -0.39 is 11.8 Å². The van der Waals surface area contributed by atoms with Gasteiger partial charge in [0.1, 0.15) is 0 Å². The average molecular weight is 169 g/mol. The van der Waals surface area contributed by atoms with Crippen LogP contribution < -0.4 is 0 Å². The highest BCUT2D eigenvalue weighted by Gasteiger charge is 2.19. The second-order valence-electron chi connectivity index (χ2n) is 2.49. The number of hydrogen-bond donors (Lipinski definition) is 0. The van der Waals surface area contributed by atoms with E-state index in [1.54, 1.807) is 19.9 Å². The minimum atomic E-state index is -0.948. The summed E-state index contributed by atoms with van der Waals surface area (Å²) in [6.45, 7) is 3.20. The van der Waals surface area contributed by atoms with Crippen LogP contribution in [0.3, 0.4) is 0 Å². The van der Waals surface area contributed by atoms with Gasteiger partial charge in [0.25, 0.3) is 0 Å². The van der Waals surface area contributed by atoms with Crippen LogP contribution in [0.5, 0.6) is 0 Å². The smallest absolute Gasteiger partial charge is 0.333 e. The van der Waals surface area contributed by atoms with Crippen molar-refractivity contribution >= 4 is 5.97 Å². The average Bonchev–Trinajstić information content (AvgIpc) is 2.00. The van der Waals surface area contributed by atoms with Crippen LogP contribution in [0, 0.1) is 11.3 Å². The van der Waals surface area contributed by atoms with Gasteiger partial charge in [0, 0.05) is 33.1 Å². The number of nitrogens with zero attached hydrogens (tertiary/aromatic N) is 1. The van der Waals surface area contributed by atoms with Gasteiger partial charge in [-0.1, -0.05) is 0 Å². The Morgan fingerprint density at radius 3 is 2.58 bits per heavy atom. The van der Waals surface area contributed by atoms with E-state index in [0.29, 0.717) is 0 Å². The summed E-state index contributed by atoms with van der Waals surface area (Å²) in [7, 11) is 1.43. The molecule has 0 rings (SSSR count). The van der Waals surface area contributed by atoms with Crippen molar-refractivity contribution in [1.82, 2.24) is 0 Å². The van der Waals surface area contributed by atoms with Crippen molar-refractivity contribution in [1.29, 1.82) is 5.26 Å². The lowest BCUT2D eigenvalue weighted by atomic mass is 10.4. The van der Waals surface area contributed by atoms with E-state index in [1.165, 1.54) is 7.11 Å². The number of esters is 1. The van der Waals surface area contributed by atoms with Crippen molar-refractivity contribution in [2.75, 3.05) is 7.11 Å². The third kappa shape index (κ3) is 4.47. The molecule has 0 fully saturated rings. The Morgan fingerprint density at radius 1 is 1.58 bits per heavy atom. The lowest BCUT2D eigenvalue weighted by Gasteiger charge is -2.21. The first-order chi connectivity index (χ1) is 5.52. The SMILES string of the molecule is COC(C)(C)OC(=O)C=CC#N. The van der Waals surface area contributed by atoms with Crippen molar-refractivity contribution in [2.45, 2.75) is 19.6 Å². The van der Waals surface area contributed by atoms with Crippen molar-refractivity contribution in [3.05, 3.63) is 12.2 Å². The van der Waals surface area contributed by atoms with Crippen LogP contribution in [0.4, 0.5) is 0 Å². The molecule has 0 aromatic rings. The summed E-state index contributed by atoms with van der Waals surface area (Å²) in [6, 6.07) is 1.68. The van der Waals surface area contributed by atoms with Gasteiger partial charge in [-0.3, -0.25) is 0 Å². The molecule has 0 spiro atoms. The molecule has 4 heteroatoms. The molecular weight excluding hydrogens is 158 g/mol.